The molecule has 0 saturated heterocycles. The number of fused-ring (bicyclic) bond motifs is 1. The van der Waals surface area contributed by atoms with Crippen molar-refractivity contribution in [2.24, 2.45) is 0 Å². The van der Waals surface area contributed by atoms with Gasteiger partial charge in [0.25, 0.3) is 0 Å². The summed E-state index contributed by atoms with van der Waals surface area (Å²) in [4.78, 5) is 27.4. The van der Waals surface area contributed by atoms with Crippen LogP contribution in [0.5, 0.6) is 11.5 Å². The van der Waals surface area contributed by atoms with Crippen molar-refractivity contribution in [1.29, 1.82) is 0 Å². The Labute approximate surface area is 204 Å². The number of aromatic hydroxyl groups is 1. The predicted molar refractivity (Wildman–Crippen MR) is 136 cm³/mol. The van der Waals surface area contributed by atoms with Gasteiger partial charge in [-0.15, -0.1) is 0 Å². The molecule has 0 spiro atoms. The van der Waals surface area contributed by atoms with Crippen molar-refractivity contribution >= 4 is 43.7 Å². The molecule has 3 N–H and O–H groups in total. The fourth-order valence-electron chi connectivity index (χ4n) is 3.81. The summed E-state index contributed by atoms with van der Waals surface area (Å²) < 4.78 is 7.25. The Kier molecular flexibility index (Phi) is 6.93. The second-order valence-electron chi connectivity index (χ2n) is 8.34. The second kappa shape index (κ2) is 9.89. The maximum atomic E-state index is 12.8. The van der Waals surface area contributed by atoms with Gasteiger partial charge < -0.3 is 0 Å². The Morgan fingerprint density at radius 2 is 1.91 bits per heavy atom. The van der Waals surface area contributed by atoms with Crippen molar-refractivity contribution in [2.75, 3.05) is 39.6 Å². The minimum atomic E-state index is -0.159. The average Bonchev–Trinajstić information content (AvgIpc) is 3.32. The predicted octanol–water partition coefficient (Wildman–Crippen LogP) is 3.22. The quantitative estimate of drug-likeness (QED) is 0.326. The van der Waals surface area contributed by atoms with Gasteiger partial charge in [-0.25, -0.2) is 0 Å². The molecule has 1 aliphatic rings. The number of amides is 2. The van der Waals surface area contributed by atoms with Gasteiger partial charge in [0.15, 0.2) is 0 Å². The first-order valence-electron chi connectivity index (χ1n) is 10.8. The van der Waals surface area contributed by atoms with E-state index in [0.717, 1.165) is 37.8 Å². The number of hydrogen-bond donors (Lipinski definition) is 3. The van der Waals surface area contributed by atoms with Crippen LogP contribution >= 0.6 is 0 Å². The van der Waals surface area contributed by atoms with Crippen LogP contribution in [0.4, 0.5) is 5.69 Å². The van der Waals surface area contributed by atoms with Crippen LogP contribution in [0.15, 0.2) is 42.5 Å². The molecule has 0 bridgehead atoms. The molecule has 2 heterocycles. The first-order valence-corrected chi connectivity index (χ1v) is 12.6. The Bertz CT molecular complexity index is 1290. The van der Waals surface area contributed by atoms with Gasteiger partial charge in [0, 0.05) is 0 Å². The van der Waals surface area contributed by atoms with E-state index in [-0.39, 0.29) is 32.1 Å². The molecule has 0 unspecified atom stereocenters. The number of phenolic OH excluding ortho intramolecular Hbond substituents is 1. The molecule has 34 heavy (non-hydrogen) atoms. The summed E-state index contributed by atoms with van der Waals surface area (Å²) in [6.07, 6.45) is 1.90. The van der Waals surface area contributed by atoms with Crippen molar-refractivity contribution in [3.8, 4) is 22.6 Å². The zero-order valence-electron chi connectivity index (χ0n) is 19.6. The van der Waals surface area contributed by atoms with Gasteiger partial charge in [-0.1, -0.05) is 0 Å². The monoisotopic (exact) mass is 525 g/mol. The third-order valence-electron chi connectivity index (χ3n) is 5.63. The summed E-state index contributed by atoms with van der Waals surface area (Å²) in [5, 5.41) is 15.8. The molecule has 3 aromatic rings. The van der Waals surface area contributed by atoms with E-state index in [4.69, 9.17) is 4.74 Å². The van der Waals surface area contributed by atoms with Gasteiger partial charge >= 0.3 is 205 Å². The van der Waals surface area contributed by atoms with Crippen LogP contribution in [0.2, 0.25) is 0 Å². The van der Waals surface area contributed by atoms with E-state index < -0.39 is 0 Å². The van der Waals surface area contributed by atoms with Crippen molar-refractivity contribution in [1.82, 2.24) is 10.2 Å². The number of benzene rings is 2. The van der Waals surface area contributed by atoms with Crippen LogP contribution in [0.1, 0.15) is 24.8 Å². The molecule has 4 rings (SSSR count). The number of nitrogens with zero attached hydrogens (tertiary/aromatic N) is 1. The minimum absolute atomic E-state index is 0.00715. The molecule has 8 heteroatoms. The zero-order chi connectivity index (χ0) is 24.4. The van der Waals surface area contributed by atoms with E-state index in [9.17, 15) is 14.7 Å². The molecular formula is C26H27N3O4Se. The number of carbonyl (C=O) groups is 2. The van der Waals surface area contributed by atoms with Crippen LogP contribution in [0.25, 0.3) is 22.8 Å². The topological polar surface area (TPSA) is 90.9 Å². The van der Waals surface area contributed by atoms with E-state index >= 15 is 0 Å². The number of ether oxygens (including phenoxy) is 1. The molecule has 2 aromatic carbocycles. The van der Waals surface area contributed by atoms with Crippen LogP contribution in [0, 0.1) is 6.92 Å². The maximum absolute atomic E-state index is 12.8. The van der Waals surface area contributed by atoms with Crippen LogP contribution in [-0.4, -0.2) is 70.6 Å². The normalized spacial score (nSPS) is 13.8. The standard InChI is InChI=1S/C26H27N3O4Se/c1-15-20(25(31)27-9-10-29(2)3)13-18(34-15)14-21-19-7-5-16(11-22(19)28-26(21)32)17-6-8-23(30)24(12-17)33-4/h5-8,11-14,30H,9-10H2,1-4H3,(H,27,31)(H,28,32)/b21-14-. The summed E-state index contributed by atoms with van der Waals surface area (Å²) in [7, 11) is 5.44. The Morgan fingerprint density at radius 3 is 2.65 bits per heavy atom. The molecule has 0 aliphatic carbocycles. The molecule has 0 radical (unpaired) electrons. The molecule has 1 aromatic heterocycles. The molecule has 176 valence electrons. The number of anilines is 1. The summed E-state index contributed by atoms with van der Waals surface area (Å²) >= 11 is -0.00715. The average molecular weight is 524 g/mol. The first kappa shape index (κ1) is 23.8. The van der Waals surface area contributed by atoms with E-state index in [1.165, 1.54) is 7.11 Å². The van der Waals surface area contributed by atoms with Gasteiger partial charge in [0.1, 0.15) is 0 Å². The van der Waals surface area contributed by atoms with Gasteiger partial charge in [0.2, 0.25) is 0 Å². The fraction of sp³-hybridized carbons (Fsp3) is 0.231. The fourth-order valence-corrected chi connectivity index (χ4v) is 5.84. The van der Waals surface area contributed by atoms with Crippen molar-refractivity contribution in [3.63, 3.8) is 0 Å². The number of methoxy groups -OCH3 is 1. The van der Waals surface area contributed by atoms with Crippen LogP contribution in [0.3, 0.4) is 0 Å². The van der Waals surface area contributed by atoms with E-state index in [0.29, 0.717) is 23.4 Å². The summed E-state index contributed by atoms with van der Waals surface area (Å²) in [5.74, 6) is 0.239. The van der Waals surface area contributed by atoms with E-state index in [1.807, 2.05) is 56.3 Å². The van der Waals surface area contributed by atoms with Crippen molar-refractivity contribution < 1.29 is 19.4 Å². The van der Waals surface area contributed by atoms with E-state index in [1.54, 1.807) is 18.2 Å². The Balaban J connectivity index is 1.59. The van der Waals surface area contributed by atoms with E-state index in [2.05, 4.69) is 10.6 Å². The third-order valence-corrected chi connectivity index (χ3v) is 7.72. The van der Waals surface area contributed by atoms with Gasteiger partial charge in [0.05, 0.1) is 0 Å². The summed E-state index contributed by atoms with van der Waals surface area (Å²) in [5.41, 5.74) is 4.63. The first-order chi connectivity index (χ1) is 16.3. The number of carbonyl (C=O) groups excluding carboxylic acids is 2. The van der Waals surface area contributed by atoms with Crippen LogP contribution < -0.4 is 15.4 Å². The molecule has 2 amide bonds. The SMILES string of the molecule is COc1cc(-c2ccc3c(c2)NC(=O)/C3=C\c2cc(C(=O)NCCN(C)C)c(C)[se]2)ccc1O. The number of aryl methyl sites for hydroxylation is 1. The molecular weight excluding hydrogens is 497 g/mol. The Hall–Kier alpha value is -3.32. The zero-order valence-corrected chi connectivity index (χ0v) is 21.3. The molecule has 0 fully saturated rings. The molecule has 1 aliphatic heterocycles. The van der Waals surface area contributed by atoms with Crippen LogP contribution in [-0.2, 0) is 4.79 Å². The van der Waals surface area contributed by atoms with Crippen molar-refractivity contribution in [3.05, 3.63) is 62.5 Å². The van der Waals surface area contributed by atoms with Gasteiger partial charge in [-0.2, -0.15) is 0 Å². The number of rotatable bonds is 7. The number of hydrogen-bond acceptors (Lipinski definition) is 5. The summed E-state index contributed by atoms with van der Waals surface area (Å²) in [6.45, 7) is 3.34. The number of phenols is 1. The van der Waals surface area contributed by atoms with Gasteiger partial charge in [-0.3, -0.25) is 0 Å². The summed E-state index contributed by atoms with van der Waals surface area (Å²) in [6, 6.07) is 12.8. The molecule has 7 nitrogen and oxygen atoms in total. The molecule has 0 saturated carbocycles. The number of likely N-dealkylation sites (N-methyl/N-ethyl adjacent to an activating group) is 1. The third kappa shape index (κ3) is 4.94. The van der Waals surface area contributed by atoms with Crippen molar-refractivity contribution in [2.45, 2.75) is 6.92 Å². The Morgan fingerprint density at radius 1 is 1.18 bits per heavy atom. The van der Waals surface area contributed by atoms with Gasteiger partial charge in [-0.05, 0) is 0 Å². The molecule has 0 atom stereocenters. The number of nitrogens with one attached hydrogen (secondary N) is 2. The second-order valence-corrected chi connectivity index (χ2v) is 11.0.